The highest BCUT2D eigenvalue weighted by molar-refractivity contribution is 7.88. The van der Waals surface area contributed by atoms with E-state index >= 15 is 0 Å². The van der Waals surface area contributed by atoms with E-state index in [9.17, 15) is 13.2 Å². The van der Waals surface area contributed by atoms with Crippen LogP contribution in [0.3, 0.4) is 0 Å². The average Bonchev–Trinajstić information content (AvgIpc) is 2.28. The Kier molecular flexibility index (Phi) is 4.74. The van der Waals surface area contributed by atoms with Crippen molar-refractivity contribution in [3.8, 4) is 0 Å². The first kappa shape index (κ1) is 15.4. The number of carbonyl (C=O) groups is 1. The Morgan fingerprint density at radius 3 is 2.33 bits per heavy atom. The minimum atomic E-state index is -3.11. The predicted molar refractivity (Wildman–Crippen MR) is 70.5 cm³/mol. The second-order valence-electron chi connectivity index (χ2n) is 5.18. The zero-order valence-electron chi connectivity index (χ0n) is 11.3. The van der Waals surface area contributed by atoms with Crippen molar-refractivity contribution in [3.05, 3.63) is 0 Å². The minimum Gasteiger partial charge on any atom is -0.352 e. The molecule has 18 heavy (non-hydrogen) atoms. The molecule has 0 spiro atoms. The van der Waals surface area contributed by atoms with E-state index in [2.05, 4.69) is 5.32 Å². The third kappa shape index (κ3) is 3.93. The van der Waals surface area contributed by atoms with Gasteiger partial charge >= 0.3 is 0 Å². The minimum absolute atomic E-state index is 0.0184. The Labute approximate surface area is 109 Å². The van der Waals surface area contributed by atoms with Crippen LogP contribution < -0.4 is 11.1 Å². The van der Waals surface area contributed by atoms with E-state index in [1.54, 1.807) is 6.92 Å². The van der Waals surface area contributed by atoms with Crippen molar-refractivity contribution in [1.29, 1.82) is 0 Å². The fourth-order valence-corrected chi connectivity index (χ4v) is 2.72. The first-order chi connectivity index (χ1) is 8.16. The van der Waals surface area contributed by atoms with E-state index in [0.717, 1.165) is 0 Å². The topological polar surface area (TPSA) is 92.5 Å². The Hall–Kier alpha value is -0.660. The van der Waals surface area contributed by atoms with Crippen molar-refractivity contribution in [1.82, 2.24) is 9.62 Å². The second-order valence-corrected chi connectivity index (χ2v) is 7.16. The molecule has 3 N–H and O–H groups in total. The summed E-state index contributed by atoms with van der Waals surface area (Å²) < 4.78 is 24.1. The van der Waals surface area contributed by atoms with Crippen molar-refractivity contribution in [2.24, 2.45) is 5.73 Å². The van der Waals surface area contributed by atoms with Gasteiger partial charge in [0.05, 0.1) is 11.8 Å². The van der Waals surface area contributed by atoms with Crippen LogP contribution in [0, 0.1) is 0 Å². The molecular formula is C11H23N3O3S. The van der Waals surface area contributed by atoms with E-state index in [-0.39, 0.29) is 11.9 Å². The number of amides is 1. The number of nitrogens with one attached hydrogen (secondary N) is 1. The SMILES string of the molecule is CCC(C)(N)C(=O)NC1CCN(S(C)(=O)=O)CC1. The summed E-state index contributed by atoms with van der Waals surface area (Å²) >= 11 is 0. The summed E-state index contributed by atoms with van der Waals surface area (Å²) in [4.78, 5) is 11.9. The monoisotopic (exact) mass is 277 g/mol. The lowest BCUT2D eigenvalue weighted by atomic mass is 9.97. The quantitative estimate of drug-likeness (QED) is 0.735. The van der Waals surface area contributed by atoms with E-state index < -0.39 is 15.6 Å². The molecule has 0 bridgehead atoms. The average molecular weight is 277 g/mol. The van der Waals surface area contributed by atoms with Crippen molar-refractivity contribution < 1.29 is 13.2 Å². The molecule has 1 aliphatic heterocycles. The number of nitrogens with two attached hydrogens (primary N) is 1. The highest BCUT2D eigenvalue weighted by Gasteiger charge is 2.30. The first-order valence-electron chi connectivity index (χ1n) is 6.22. The van der Waals surface area contributed by atoms with Crippen LogP contribution in [-0.4, -0.2) is 49.6 Å². The highest BCUT2D eigenvalue weighted by Crippen LogP contribution is 2.14. The zero-order chi connectivity index (χ0) is 14.0. The summed E-state index contributed by atoms with van der Waals surface area (Å²) in [5.41, 5.74) is 5.00. The first-order valence-corrected chi connectivity index (χ1v) is 8.06. The van der Waals surface area contributed by atoms with Gasteiger partial charge in [-0.2, -0.15) is 0 Å². The molecule has 0 aliphatic carbocycles. The molecule has 1 rings (SSSR count). The fourth-order valence-electron chi connectivity index (χ4n) is 1.84. The van der Waals surface area contributed by atoms with E-state index in [0.29, 0.717) is 32.4 Å². The molecule has 0 aromatic carbocycles. The molecule has 0 radical (unpaired) electrons. The van der Waals surface area contributed by atoms with Gasteiger partial charge in [0, 0.05) is 19.1 Å². The molecule has 0 saturated carbocycles. The van der Waals surface area contributed by atoms with Gasteiger partial charge in [-0.15, -0.1) is 0 Å². The standard InChI is InChI=1S/C11H23N3O3S/c1-4-11(2,12)10(15)13-9-5-7-14(8-6-9)18(3,16)17/h9H,4-8,12H2,1-3H3,(H,13,15). The van der Waals surface area contributed by atoms with Crippen LogP contribution >= 0.6 is 0 Å². The molecular weight excluding hydrogens is 254 g/mol. The lowest BCUT2D eigenvalue weighted by Gasteiger charge is -2.32. The van der Waals surface area contributed by atoms with Crippen LogP contribution in [0.1, 0.15) is 33.1 Å². The van der Waals surface area contributed by atoms with Crippen LogP contribution in [0.5, 0.6) is 0 Å². The van der Waals surface area contributed by atoms with Gasteiger partial charge in [0.1, 0.15) is 0 Å². The maximum absolute atomic E-state index is 11.9. The summed E-state index contributed by atoms with van der Waals surface area (Å²) in [5.74, 6) is -0.164. The number of rotatable bonds is 4. The molecule has 1 amide bonds. The summed E-state index contributed by atoms with van der Waals surface area (Å²) in [7, 11) is -3.11. The summed E-state index contributed by atoms with van der Waals surface area (Å²) in [6, 6.07) is 0.0184. The lowest BCUT2D eigenvalue weighted by Crippen LogP contribution is -2.55. The van der Waals surface area contributed by atoms with Crippen LogP contribution in [0.15, 0.2) is 0 Å². The van der Waals surface area contributed by atoms with E-state index in [1.807, 2.05) is 6.92 Å². The highest BCUT2D eigenvalue weighted by atomic mass is 32.2. The molecule has 0 aromatic rings. The maximum atomic E-state index is 11.9. The number of piperidine rings is 1. The summed E-state index contributed by atoms with van der Waals surface area (Å²) in [6.45, 7) is 4.48. The molecule has 1 saturated heterocycles. The maximum Gasteiger partial charge on any atom is 0.240 e. The molecule has 1 atom stereocenters. The molecule has 1 unspecified atom stereocenters. The number of sulfonamides is 1. The number of hydrogen-bond donors (Lipinski definition) is 2. The van der Waals surface area contributed by atoms with Gasteiger partial charge in [-0.05, 0) is 26.2 Å². The Morgan fingerprint density at radius 1 is 1.44 bits per heavy atom. The zero-order valence-corrected chi connectivity index (χ0v) is 12.1. The van der Waals surface area contributed by atoms with Gasteiger partial charge in [0.2, 0.25) is 15.9 Å². The molecule has 106 valence electrons. The fraction of sp³-hybridized carbons (Fsp3) is 0.909. The second kappa shape index (κ2) is 5.54. The molecule has 1 aliphatic rings. The van der Waals surface area contributed by atoms with Crippen molar-refractivity contribution in [2.75, 3.05) is 19.3 Å². The van der Waals surface area contributed by atoms with Gasteiger partial charge in [0.15, 0.2) is 0 Å². The molecule has 6 nitrogen and oxygen atoms in total. The van der Waals surface area contributed by atoms with Crippen LogP contribution in [0.2, 0.25) is 0 Å². The van der Waals surface area contributed by atoms with Crippen LogP contribution in [-0.2, 0) is 14.8 Å². The Bertz CT molecular complexity index is 398. The normalized spacial score (nSPS) is 22.4. The van der Waals surface area contributed by atoms with Crippen molar-refractivity contribution in [3.63, 3.8) is 0 Å². The smallest absolute Gasteiger partial charge is 0.240 e. The van der Waals surface area contributed by atoms with Gasteiger partial charge in [-0.25, -0.2) is 12.7 Å². The van der Waals surface area contributed by atoms with E-state index in [4.69, 9.17) is 5.73 Å². The van der Waals surface area contributed by atoms with Crippen molar-refractivity contribution in [2.45, 2.75) is 44.7 Å². The van der Waals surface area contributed by atoms with Gasteiger partial charge < -0.3 is 11.1 Å². The lowest BCUT2D eigenvalue weighted by molar-refractivity contribution is -0.126. The Balaban J connectivity index is 2.48. The third-order valence-corrected chi connectivity index (χ3v) is 4.81. The summed E-state index contributed by atoms with van der Waals surface area (Å²) in [5, 5.41) is 2.90. The van der Waals surface area contributed by atoms with Crippen LogP contribution in [0.4, 0.5) is 0 Å². The van der Waals surface area contributed by atoms with Crippen LogP contribution in [0.25, 0.3) is 0 Å². The summed E-state index contributed by atoms with van der Waals surface area (Å²) in [6.07, 6.45) is 3.05. The van der Waals surface area contributed by atoms with E-state index in [1.165, 1.54) is 10.6 Å². The Morgan fingerprint density at radius 2 is 1.94 bits per heavy atom. The van der Waals surface area contributed by atoms with Gasteiger partial charge in [-0.1, -0.05) is 6.92 Å². The number of carbonyl (C=O) groups excluding carboxylic acids is 1. The molecule has 1 heterocycles. The van der Waals surface area contributed by atoms with Crippen molar-refractivity contribution >= 4 is 15.9 Å². The predicted octanol–water partition coefficient (Wildman–Crippen LogP) is -0.346. The number of nitrogens with zero attached hydrogens (tertiary/aromatic N) is 1. The third-order valence-electron chi connectivity index (χ3n) is 3.51. The molecule has 7 heteroatoms. The van der Waals surface area contributed by atoms with Gasteiger partial charge in [-0.3, -0.25) is 4.79 Å². The van der Waals surface area contributed by atoms with Gasteiger partial charge in [0.25, 0.3) is 0 Å². The largest absolute Gasteiger partial charge is 0.352 e. The number of hydrogen-bond acceptors (Lipinski definition) is 4. The molecule has 1 fully saturated rings. The molecule has 0 aromatic heterocycles.